The van der Waals surface area contributed by atoms with Gasteiger partial charge in [0.2, 0.25) is 5.91 Å². The molecule has 2 aliphatic rings. The van der Waals surface area contributed by atoms with Crippen LogP contribution in [-0.2, 0) is 22.6 Å². The Hall–Kier alpha value is -2.86. The number of hydrogen-bond donors (Lipinski definition) is 1. The molecule has 29 heavy (non-hydrogen) atoms. The third kappa shape index (κ3) is 3.27. The van der Waals surface area contributed by atoms with Gasteiger partial charge in [0.05, 0.1) is 32.9 Å². The zero-order valence-electron chi connectivity index (χ0n) is 17.4. The number of benzene rings is 2. The monoisotopic (exact) mass is 395 g/mol. The predicted molar refractivity (Wildman–Crippen MR) is 110 cm³/mol. The van der Waals surface area contributed by atoms with E-state index >= 15 is 0 Å². The maximum absolute atomic E-state index is 13.3. The van der Waals surface area contributed by atoms with Gasteiger partial charge in [-0.3, -0.25) is 9.59 Å². The molecule has 0 spiro atoms. The zero-order chi connectivity index (χ0) is 20.7. The lowest BCUT2D eigenvalue weighted by molar-refractivity contribution is -0.930. The maximum atomic E-state index is 13.3. The number of carbonyl (C=O) groups is 2. The van der Waals surface area contributed by atoms with Crippen molar-refractivity contribution in [3.05, 3.63) is 52.6 Å². The van der Waals surface area contributed by atoms with Crippen molar-refractivity contribution >= 4 is 17.5 Å². The largest absolute Gasteiger partial charge is 0.493 e. The Morgan fingerprint density at radius 2 is 1.62 bits per heavy atom. The summed E-state index contributed by atoms with van der Waals surface area (Å²) in [5.41, 5.74) is 5.00. The Bertz CT molecular complexity index is 965. The second-order valence-corrected chi connectivity index (χ2v) is 7.88. The number of anilines is 1. The van der Waals surface area contributed by atoms with E-state index in [2.05, 4.69) is 0 Å². The van der Waals surface area contributed by atoms with Crippen LogP contribution in [0.25, 0.3) is 0 Å². The first kappa shape index (κ1) is 19.5. The number of hydrogen-bond acceptors (Lipinski definition) is 4. The van der Waals surface area contributed by atoms with Gasteiger partial charge >= 0.3 is 0 Å². The van der Waals surface area contributed by atoms with Crippen LogP contribution in [0.2, 0.25) is 0 Å². The molecule has 6 heteroatoms. The Balaban J connectivity index is 1.61. The van der Waals surface area contributed by atoms with Crippen molar-refractivity contribution < 1.29 is 24.0 Å². The molecule has 6 nitrogen and oxygen atoms in total. The molecule has 2 atom stereocenters. The van der Waals surface area contributed by atoms with Crippen LogP contribution in [0, 0.1) is 13.8 Å². The van der Waals surface area contributed by atoms with Gasteiger partial charge in [-0.25, -0.2) is 4.90 Å². The van der Waals surface area contributed by atoms with E-state index in [-0.39, 0.29) is 24.3 Å². The molecule has 2 amide bonds. The van der Waals surface area contributed by atoms with E-state index in [4.69, 9.17) is 9.47 Å². The van der Waals surface area contributed by atoms with E-state index in [1.54, 1.807) is 14.2 Å². The molecule has 2 aliphatic heterocycles. The van der Waals surface area contributed by atoms with Crippen molar-refractivity contribution in [2.75, 3.05) is 25.7 Å². The number of imide groups is 1. The lowest BCUT2D eigenvalue weighted by Gasteiger charge is -2.30. The summed E-state index contributed by atoms with van der Waals surface area (Å²) in [6.07, 6.45) is 1.09. The van der Waals surface area contributed by atoms with E-state index in [9.17, 15) is 9.59 Å². The smallest absolute Gasteiger partial charge is 0.292 e. The first-order chi connectivity index (χ1) is 13.9. The topological polar surface area (TPSA) is 60.3 Å². The Labute approximate surface area is 171 Å². The lowest BCUT2D eigenvalue weighted by atomic mass is 9.97. The van der Waals surface area contributed by atoms with Gasteiger partial charge in [0.1, 0.15) is 6.54 Å². The molecular weight excluding hydrogens is 368 g/mol. The van der Waals surface area contributed by atoms with E-state index in [0.29, 0.717) is 12.3 Å². The highest BCUT2D eigenvalue weighted by Gasteiger charge is 2.47. The number of rotatable bonds is 4. The quantitative estimate of drug-likeness (QED) is 0.799. The van der Waals surface area contributed by atoms with Crippen LogP contribution in [-0.4, -0.2) is 38.6 Å². The van der Waals surface area contributed by atoms with Crippen LogP contribution in [0.5, 0.6) is 11.5 Å². The van der Waals surface area contributed by atoms with Gasteiger partial charge in [-0.2, -0.15) is 0 Å². The summed E-state index contributed by atoms with van der Waals surface area (Å²) < 4.78 is 10.8. The van der Waals surface area contributed by atoms with Crippen LogP contribution in [0.3, 0.4) is 0 Å². The highest BCUT2D eigenvalue weighted by Crippen LogP contribution is 2.32. The molecule has 1 unspecified atom stereocenters. The average Bonchev–Trinajstić information content (AvgIpc) is 3.01. The van der Waals surface area contributed by atoms with Gasteiger partial charge in [-0.1, -0.05) is 18.2 Å². The van der Waals surface area contributed by atoms with Crippen molar-refractivity contribution in [2.24, 2.45) is 0 Å². The number of quaternary nitrogens is 1. The van der Waals surface area contributed by atoms with Crippen molar-refractivity contribution in [1.82, 2.24) is 0 Å². The summed E-state index contributed by atoms with van der Waals surface area (Å²) in [6.45, 7) is 5.40. The molecule has 2 aromatic carbocycles. The van der Waals surface area contributed by atoms with Crippen LogP contribution in [0.15, 0.2) is 30.3 Å². The second-order valence-electron chi connectivity index (χ2n) is 7.88. The number of para-hydroxylation sites is 1. The van der Waals surface area contributed by atoms with Crippen molar-refractivity contribution in [1.29, 1.82) is 0 Å². The number of ether oxygens (including phenoxy) is 2. The molecule has 2 aromatic rings. The fourth-order valence-corrected chi connectivity index (χ4v) is 4.63. The highest BCUT2D eigenvalue weighted by molar-refractivity contribution is 6.22. The number of nitrogens with zero attached hydrogens (tertiary/aromatic N) is 1. The Morgan fingerprint density at radius 3 is 2.24 bits per heavy atom. The number of fused-ring (bicyclic) bond motifs is 1. The van der Waals surface area contributed by atoms with Crippen molar-refractivity contribution in [3.8, 4) is 11.5 Å². The number of aryl methyl sites for hydroxylation is 2. The van der Waals surface area contributed by atoms with Gasteiger partial charge in [0.25, 0.3) is 5.91 Å². The third-order valence-electron chi connectivity index (χ3n) is 6.14. The van der Waals surface area contributed by atoms with Crippen LogP contribution in [0.1, 0.15) is 28.7 Å². The third-order valence-corrected chi connectivity index (χ3v) is 6.14. The van der Waals surface area contributed by atoms with E-state index in [0.717, 1.165) is 46.0 Å². The predicted octanol–water partition coefficient (Wildman–Crippen LogP) is 1.59. The summed E-state index contributed by atoms with van der Waals surface area (Å²) in [7, 11) is 3.26. The van der Waals surface area contributed by atoms with E-state index in [1.165, 1.54) is 10.5 Å². The molecule has 2 heterocycles. The fourth-order valence-electron chi connectivity index (χ4n) is 4.63. The van der Waals surface area contributed by atoms with Crippen LogP contribution in [0.4, 0.5) is 5.69 Å². The second kappa shape index (κ2) is 7.52. The van der Waals surface area contributed by atoms with Gasteiger partial charge < -0.3 is 14.4 Å². The molecule has 0 aromatic heterocycles. The lowest BCUT2D eigenvalue weighted by Crippen LogP contribution is -3.16. The van der Waals surface area contributed by atoms with Crippen LogP contribution >= 0.6 is 0 Å². The van der Waals surface area contributed by atoms with Gasteiger partial charge in [0, 0.05) is 12.0 Å². The Kier molecular flexibility index (Phi) is 5.04. The molecule has 1 saturated heterocycles. The summed E-state index contributed by atoms with van der Waals surface area (Å²) >= 11 is 0. The van der Waals surface area contributed by atoms with Gasteiger partial charge in [-0.05, 0) is 42.7 Å². The standard InChI is InChI=1S/C23H26N2O4/c1-14-6-5-7-15(2)22(14)25-21(26)12-18(23(25)27)24-9-8-16-10-19(28-3)20(29-4)11-17(16)13-24/h5-7,10-11,18H,8-9,12-13H2,1-4H3/p+1/t18-/m0/s1. The summed E-state index contributed by atoms with van der Waals surface area (Å²) in [5.74, 6) is 1.22. The first-order valence-corrected chi connectivity index (χ1v) is 9.96. The molecule has 0 radical (unpaired) electrons. The number of nitrogens with one attached hydrogen (secondary N) is 1. The summed E-state index contributed by atoms with van der Waals surface area (Å²) in [5, 5.41) is 0. The molecule has 1 N–H and O–H groups in total. The summed E-state index contributed by atoms with van der Waals surface area (Å²) in [6, 6.07) is 9.51. The number of amides is 2. The maximum Gasteiger partial charge on any atom is 0.292 e. The Morgan fingerprint density at radius 1 is 1.00 bits per heavy atom. The minimum Gasteiger partial charge on any atom is -0.493 e. The molecule has 4 rings (SSSR count). The molecular formula is C23H27N2O4+. The minimum absolute atomic E-state index is 0.0914. The van der Waals surface area contributed by atoms with E-state index < -0.39 is 0 Å². The zero-order valence-corrected chi connectivity index (χ0v) is 17.4. The first-order valence-electron chi connectivity index (χ1n) is 9.96. The SMILES string of the molecule is COc1cc2c(cc1OC)C[NH+]([C@H]1CC(=O)N(c3c(C)cccc3C)C1=O)CC2. The van der Waals surface area contributed by atoms with Gasteiger partial charge in [-0.15, -0.1) is 0 Å². The fraction of sp³-hybridized carbons (Fsp3) is 0.391. The summed E-state index contributed by atoms with van der Waals surface area (Å²) in [4.78, 5) is 28.7. The van der Waals surface area contributed by atoms with Gasteiger partial charge in [0.15, 0.2) is 17.5 Å². The number of carbonyl (C=O) groups excluding carboxylic acids is 2. The van der Waals surface area contributed by atoms with Crippen LogP contribution < -0.4 is 19.3 Å². The molecule has 1 fully saturated rings. The normalized spacial score (nSPS) is 21.3. The highest BCUT2D eigenvalue weighted by atomic mass is 16.5. The minimum atomic E-state index is -0.345. The molecule has 152 valence electrons. The molecule has 0 aliphatic carbocycles. The van der Waals surface area contributed by atoms with E-state index in [1.807, 2.05) is 44.2 Å². The average molecular weight is 395 g/mol. The van der Waals surface area contributed by atoms with Crippen molar-refractivity contribution in [3.63, 3.8) is 0 Å². The number of methoxy groups -OCH3 is 2. The molecule has 0 bridgehead atoms. The molecule has 0 saturated carbocycles. The van der Waals surface area contributed by atoms with Crippen molar-refractivity contribution in [2.45, 2.75) is 39.3 Å².